The van der Waals surface area contributed by atoms with Crippen molar-refractivity contribution in [2.45, 2.75) is 18.9 Å². The van der Waals surface area contributed by atoms with Gasteiger partial charge >= 0.3 is 0 Å². The van der Waals surface area contributed by atoms with Gasteiger partial charge in [0.1, 0.15) is 0 Å². The molecule has 1 fully saturated rings. The van der Waals surface area contributed by atoms with Crippen LogP contribution in [0.25, 0.3) is 0 Å². The van der Waals surface area contributed by atoms with Crippen molar-refractivity contribution in [2.75, 3.05) is 32.1 Å². The minimum absolute atomic E-state index is 0.0600. The summed E-state index contributed by atoms with van der Waals surface area (Å²) >= 11 is 0. The van der Waals surface area contributed by atoms with Gasteiger partial charge in [0.2, 0.25) is 5.91 Å². The number of benzene rings is 1. The number of hydrogen-bond acceptors (Lipinski definition) is 4. The Bertz CT molecular complexity index is 487. The number of carbonyl (C=O) groups excluding carboxylic acids is 1. The van der Waals surface area contributed by atoms with Gasteiger partial charge in [0.25, 0.3) is 0 Å². The average Bonchev–Trinajstić information content (AvgIpc) is 2.92. The molecule has 106 valence electrons. The second-order valence-corrected chi connectivity index (χ2v) is 5.07. The molecule has 1 atom stereocenters. The summed E-state index contributed by atoms with van der Waals surface area (Å²) in [5.41, 5.74) is 1.29. The largest absolute Gasteiger partial charge is 0.377 e. The fourth-order valence-corrected chi connectivity index (χ4v) is 2.27. The standard InChI is InChI=1S/C15H19N3O2/c1-18(10-14-3-2-8-20-14)11-15(19)17-13-6-4-12(9-16)5-7-13/h4-7,14H,2-3,8,10-11H2,1H3,(H,17,19). The van der Waals surface area contributed by atoms with Gasteiger partial charge in [-0.15, -0.1) is 0 Å². The van der Waals surface area contributed by atoms with Gasteiger partial charge in [-0.3, -0.25) is 9.69 Å². The highest BCUT2D eigenvalue weighted by atomic mass is 16.5. The molecule has 1 aromatic carbocycles. The highest BCUT2D eigenvalue weighted by molar-refractivity contribution is 5.92. The highest BCUT2D eigenvalue weighted by Gasteiger charge is 2.18. The number of hydrogen-bond donors (Lipinski definition) is 1. The smallest absolute Gasteiger partial charge is 0.238 e. The number of nitriles is 1. The summed E-state index contributed by atoms with van der Waals surface area (Å²) in [4.78, 5) is 13.9. The number of likely N-dealkylation sites (N-methyl/N-ethyl adjacent to an activating group) is 1. The number of rotatable bonds is 5. The first kappa shape index (κ1) is 14.5. The predicted molar refractivity (Wildman–Crippen MR) is 76.3 cm³/mol. The molecule has 0 aromatic heterocycles. The lowest BCUT2D eigenvalue weighted by Crippen LogP contribution is -2.35. The van der Waals surface area contributed by atoms with Crippen LogP contribution in [0.4, 0.5) is 5.69 Å². The van der Waals surface area contributed by atoms with E-state index >= 15 is 0 Å². The van der Waals surface area contributed by atoms with Crippen LogP contribution in [0.1, 0.15) is 18.4 Å². The van der Waals surface area contributed by atoms with E-state index in [1.807, 2.05) is 18.0 Å². The molecule has 0 radical (unpaired) electrons. The first-order chi connectivity index (χ1) is 9.67. The molecule has 1 aliphatic rings. The van der Waals surface area contributed by atoms with Crippen molar-refractivity contribution in [1.29, 1.82) is 5.26 Å². The van der Waals surface area contributed by atoms with Gasteiger partial charge in [0.15, 0.2) is 0 Å². The Kier molecular flexibility index (Phi) is 5.10. The van der Waals surface area contributed by atoms with Crippen LogP contribution in [-0.4, -0.2) is 43.7 Å². The Balaban J connectivity index is 1.77. The number of nitrogens with zero attached hydrogens (tertiary/aromatic N) is 2. The van der Waals surface area contributed by atoms with E-state index in [1.54, 1.807) is 24.3 Å². The van der Waals surface area contributed by atoms with Crippen LogP contribution >= 0.6 is 0 Å². The number of nitrogens with one attached hydrogen (secondary N) is 1. The van der Waals surface area contributed by atoms with Gasteiger partial charge in [-0.2, -0.15) is 5.26 Å². The molecule has 2 rings (SSSR count). The molecule has 1 heterocycles. The highest BCUT2D eigenvalue weighted by Crippen LogP contribution is 2.13. The van der Waals surface area contributed by atoms with Crippen LogP contribution in [0, 0.1) is 11.3 Å². The van der Waals surface area contributed by atoms with Crippen molar-refractivity contribution in [2.24, 2.45) is 0 Å². The lowest BCUT2D eigenvalue weighted by atomic mass is 10.2. The molecule has 5 heteroatoms. The molecule has 5 nitrogen and oxygen atoms in total. The van der Waals surface area contributed by atoms with Gasteiger partial charge in [0, 0.05) is 18.8 Å². The van der Waals surface area contributed by atoms with Crippen LogP contribution in [0.5, 0.6) is 0 Å². The fourth-order valence-electron chi connectivity index (χ4n) is 2.27. The first-order valence-corrected chi connectivity index (χ1v) is 6.77. The second-order valence-electron chi connectivity index (χ2n) is 5.07. The number of carbonyl (C=O) groups is 1. The first-order valence-electron chi connectivity index (χ1n) is 6.77. The molecule has 0 saturated carbocycles. The monoisotopic (exact) mass is 273 g/mol. The summed E-state index contributed by atoms with van der Waals surface area (Å²) < 4.78 is 5.54. The van der Waals surface area contributed by atoms with Gasteiger partial charge in [-0.1, -0.05) is 0 Å². The maximum Gasteiger partial charge on any atom is 0.238 e. The van der Waals surface area contributed by atoms with E-state index in [9.17, 15) is 4.79 Å². The molecular formula is C15H19N3O2. The van der Waals surface area contributed by atoms with Gasteiger partial charge in [0.05, 0.1) is 24.3 Å². The number of anilines is 1. The predicted octanol–water partition coefficient (Wildman–Crippen LogP) is 1.61. The van der Waals surface area contributed by atoms with E-state index in [-0.39, 0.29) is 12.0 Å². The van der Waals surface area contributed by atoms with E-state index in [4.69, 9.17) is 10.00 Å². The van der Waals surface area contributed by atoms with Crippen molar-refractivity contribution in [1.82, 2.24) is 4.90 Å². The second kappa shape index (κ2) is 7.04. The number of amides is 1. The van der Waals surface area contributed by atoms with Crippen LogP contribution < -0.4 is 5.32 Å². The molecule has 1 unspecified atom stereocenters. The van der Waals surface area contributed by atoms with Gasteiger partial charge in [-0.25, -0.2) is 0 Å². The summed E-state index contributed by atoms with van der Waals surface area (Å²) in [5, 5.41) is 11.5. The zero-order chi connectivity index (χ0) is 14.4. The molecule has 1 aromatic rings. The van der Waals surface area contributed by atoms with E-state index in [0.717, 1.165) is 26.0 Å². The zero-order valence-corrected chi connectivity index (χ0v) is 11.6. The van der Waals surface area contributed by atoms with Gasteiger partial charge < -0.3 is 10.1 Å². The van der Waals surface area contributed by atoms with E-state index < -0.39 is 0 Å². The SMILES string of the molecule is CN(CC(=O)Nc1ccc(C#N)cc1)CC1CCCO1. The van der Waals surface area contributed by atoms with Crippen LogP contribution in [0.2, 0.25) is 0 Å². The molecule has 1 N–H and O–H groups in total. The van der Waals surface area contributed by atoms with Crippen LogP contribution in [0.3, 0.4) is 0 Å². The Labute approximate surface area is 119 Å². The summed E-state index contributed by atoms with van der Waals surface area (Å²) in [5.74, 6) is -0.0600. The molecule has 1 aliphatic heterocycles. The summed E-state index contributed by atoms with van der Waals surface area (Å²) in [6, 6.07) is 8.88. The van der Waals surface area contributed by atoms with E-state index in [2.05, 4.69) is 5.32 Å². The van der Waals surface area contributed by atoms with Crippen LogP contribution in [0.15, 0.2) is 24.3 Å². The lowest BCUT2D eigenvalue weighted by Gasteiger charge is -2.19. The molecule has 0 bridgehead atoms. The fraction of sp³-hybridized carbons (Fsp3) is 0.467. The molecule has 0 aliphatic carbocycles. The molecule has 1 amide bonds. The van der Waals surface area contributed by atoms with Crippen molar-refractivity contribution in [3.05, 3.63) is 29.8 Å². The third kappa shape index (κ3) is 4.34. The van der Waals surface area contributed by atoms with E-state index in [1.165, 1.54) is 0 Å². The third-order valence-corrected chi connectivity index (χ3v) is 3.25. The summed E-state index contributed by atoms with van der Waals surface area (Å²) in [6.07, 6.45) is 2.43. The number of ether oxygens (including phenoxy) is 1. The molecule has 1 saturated heterocycles. The average molecular weight is 273 g/mol. The lowest BCUT2D eigenvalue weighted by molar-refractivity contribution is -0.117. The zero-order valence-electron chi connectivity index (χ0n) is 11.6. The van der Waals surface area contributed by atoms with Crippen molar-refractivity contribution in [3.8, 4) is 6.07 Å². The minimum atomic E-state index is -0.0600. The Morgan fingerprint density at radius 2 is 2.25 bits per heavy atom. The van der Waals surface area contributed by atoms with E-state index in [0.29, 0.717) is 17.8 Å². The third-order valence-electron chi connectivity index (χ3n) is 3.25. The van der Waals surface area contributed by atoms with Crippen molar-refractivity contribution < 1.29 is 9.53 Å². The van der Waals surface area contributed by atoms with Crippen molar-refractivity contribution in [3.63, 3.8) is 0 Å². The Hall–Kier alpha value is -1.90. The Morgan fingerprint density at radius 1 is 1.50 bits per heavy atom. The Morgan fingerprint density at radius 3 is 2.85 bits per heavy atom. The molecule has 0 spiro atoms. The van der Waals surface area contributed by atoms with Crippen LogP contribution in [-0.2, 0) is 9.53 Å². The normalized spacial score (nSPS) is 17.9. The maximum atomic E-state index is 11.9. The maximum absolute atomic E-state index is 11.9. The summed E-state index contributed by atoms with van der Waals surface area (Å²) in [7, 11) is 1.92. The molecular weight excluding hydrogens is 254 g/mol. The summed E-state index contributed by atoms with van der Waals surface area (Å²) in [6.45, 7) is 1.94. The minimum Gasteiger partial charge on any atom is -0.377 e. The topological polar surface area (TPSA) is 65.4 Å². The molecule has 20 heavy (non-hydrogen) atoms. The van der Waals surface area contributed by atoms with Crippen molar-refractivity contribution >= 4 is 11.6 Å². The quantitative estimate of drug-likeness (QED) is 0.885. The van der Waals surface area contributed by atoms with Gasteiger partial charge in [-0.05, 0) is 44.2 Å².